The molecule has 1 heterocycles. The molecule has 5 heteroatoms. The summed E-state index contributed by atoms with van der Waals surface area (Å²) in [5, 5.41) is 8.54. The number of ether oxygens (including phenoxy) is 2. The van der Waals surface area contributed by atoms with Crippen molar-refractivity contribution in [2.45, 2.75) is 13.2 Å². The number of halogens is 1. The Kier molecular flexibility index (Phi) is 2.51. The third-order valence-corrected chi connectivity index (χ3v) is 2.11. The number of nitrogens with one attached hydrogen (secondary N) is 1. The van der Waals surface area contributed by atoms with Crippen molar-refractivity contribution >= 4 is 0 Å². The zero-order valence-corrected chi connectivity index (χ0v) is 7.42. The molecule has 0 bridgehead atoms. The highest BCUT2D eigenvalue weighted by Gasteiger charge is 2.16. The summed E-state index contributed by atoms with van der Waals surface area (Å²) in [4.78, 5) is 0. The van der Waals surface area contributed by atoms with Crippen LogP contribution >= 0.6 is 0 Å². The average molecular weight is 199 g/mol. The van der Waals surface area contributed by atoms with Gasteiger partial charge in [-0.15, -0.1) is 0 Å². The lowest BCUT2D eigenvalue weighted by Crippen LogP contribution is -2.08. The van der Waals surface area contributed by atoms with E-state index < -0.39 is 6.67 Å². The summed E-state index contributed by atoms with van der Waals surface area (Å²) in [6.45, 7) is -0.236. The van der Waals surface area contributed by atoms with Crippen LogP contribution in [0.4, 0.5) is 4.39 Å². The zero-order valence-electron chi connectivity index (χ0n) is 7.42. The summed E-state index contributed by atoms with van der Waals surface area (Å²) < 4.78 is 22.8. The van der Waals surface area contributed by atoms with Crippen LogP contribution in [0.1, 0.15) is 11.1 Å². The number of hydroxylamine groups is 1. The van der Waals surface area contributed by atoms with Crippen LogP contribution in [0.5, 0.6) is 11.5 Å². The summed E-state index contributed by atoms with van der Waals surface area (Å²) in [5.74, 6) is 1.15. The molecule has 0 radical (unpaired) electrons. The van der Waals surface area contributed by atoms with Gasteiger partial charge in [0.05, 0.1) is 0 Å². The van der Waals surface area contributed by atoms with Gasteiger partial charge in [0.15, 0.2) is 11.5 Å². The molecule has 1 aliphatic rings. The Hall–Kier alpha value is -1.33. The first kappa shape index (κ1) is 9.23. The highest BCUT2D eigenvalue weighted by molar-refractivity contribution is 5.48. The van der Waals surface area contributed by atoms with Crippen molar-refractivity contribution in [3.63, 3.8) is 0 Å². The zero-order chi connectivity index (χ0) is 9.97. The Balaban J connectivity index is 2.38. The van der Waals surface area contributed by atoms with Gasteiger partial charge >= 0.3 is 0 Å². The van der Waals surface area contributed by atoms with Gasteiger partial charge < -0.3 is 14.7 Å². The second-order valence-corrected chi connectivity index (χ2v) is 2.94. The number of hydrogen-bond donors (Lipinski definition) is 2. The monoisotopic (exact) mass is 199 g/mol. The summed E-state index contributed by atoms with van der Waals surface area (Å²) >= 11 is 0. The van der Waals surface area contributed by atoms with Gasteiger partial charge in [0.2, 0.25) is 6.79 Å². The second kappa shape index (κ2) is 3.81. The Morgan fingerprint density at radius 2 is 1.93 bits per heavy atom. The van der Waals surface area contributed by atoms with Crippen molar-refractivity contribution in [2.24, 2.45) is 0 Å². The van der Waals surface area contributed by atoms with Crippen molar-refractivity contribution in [2.75, 3.05) is 6.79 Å². The van der Waals surface area contributed by atoms with E-state index in [9.17, 15) is 4.39 Å². The second-order valence-electron chi connectivity index (χ2n) is 2.94. The topological polar surface area (TPSA) is 50.7 Å². The predicted octanol–water partition coefficient (Wildman–Crippen LogP) is 1.36. The molecule has 0 aromatic heterocycles. The molecule has 1 aromatic carbocycles. The first-order chi connectivity index (χ1) is 6.85. The molecular formula is C9H10FNO3. The van der Waals surface area contributed by atoms with Crippen LogP contribution < -0.4 is 15.0 Å². The van der Waals surface area contributed by atoms with E-state index >= 15 is 0 Å². The molecule has 2 N–H and O–H groups in total. The molecule has 0 spiro atoms. The van der Waals surface area contributed by atoms with E-state index in [-0.39, 0.29) is 13.3 Å². The molecule has 76 valence electrons. The molecule has 14 heavy (non-hydrogen) atoms. The number of rotatable bonds is 3. The van der Waals surface area contributed by atoms with Crippen LogP contribution in [0.25, 0.3) is 0 Å². The van der Waals surface area contributed by atoms with Gasteiger partial charge in [-0.1, -0.05) is 0 Å². The SMILES string of the molecule is ONCc1cc2c(cc1CF)OCO2. The molecule has 0 fully saturated rings. The molecule has 0 amide bonds. The van der Waals surface area contributed by atoms with Gasteiger partial charge in [0, 0.05) is 6.54 Å². The van der Waals surface area contributed by atoms with Crippen LogP contribution in [0, 0.1) is 0 Å². The fourth-order valence-corrected chi connectivity index (χ4v) is 1.40. The average Bonchev–Trinajstić information content (AvgIpc) is 2.64. The maximum absolute atomic E-state index is 12.6. The van der Waals surface area contributed by atoms with Crippen molar-refractivity contribution in [3.8, 4) is 11.5 Å². The Morgan fingerprint density at radius 1 is 1.29 bits per heavy atom. The fourth-order valence-electron chi connectivity index (χ4n) is 1.40. The third-order valence-electron chi connectivity index (χ3n) is 2.11. The molecule has 1 aliphatic heterocycles. The maximum Gasteiger partial charge on any atom is 0.231 e. The molecule has 0 aliphatic carbocycles. The van der Waals surface area contributed by atoms with Gasteiger partial charge in [-0.2, -0.15) is 0 Å². The number of hydrogen-bond acceptors (Lipinski definition) is 4. The third kappa shape index (κ3) is 1.51. The first-order valence-electron chi connectivity index (χ1n) is 4.19. The van der Waals surface area contributed by atoms with Crippen LogP contribution in [0.3, 0.4) is 0 Å². The van der Waals surface area contributed by atoms with Gasteiger partial charge in [-0.25, -0.2) is 9.87 Å². The van der Waals surface area contributed by atoms with Gasteiger partial charge in [0.25, 0.3) is 0 Å². The minimum absolute atomic E-state index is 0.164. The van der Waals surface area contributed by atoms with Crippen molar-refractivity contribution in [3.05, 3.63) is 23.3 Å². The Morgan fingerprint density at radius 3 is 2.50 bits per heavy atom. The van der Waals surface area contributed by atoms with E-state index in [1.165, 1.54) is 0 Å². The Bertz CT molecular complexity index is 343. The minimum Gasteiger partial charge on any atom is -0.454 e. The normalized spacial score (nSPS) is 13.3. The number of fused-ring (bicyclic) bond motifs is 1. The molecule has 1 aromatic rings. The molecule has 4 nitrogen and oxygen atoms in total. The molecule has 0 saturated heterocycles. The molecule has 0 saturated carbocycles. The molecule has 0 unspecified atom stereocenters. The van der Waals surface area contributed by atoms with Crippen molar-refractivity contribution in [1.82, 2.24) is 5.48 Å². The van der Waals surface area contributed by atoms with E-state index in [2.05, 4.69) is 0 Å². The fraction of sp³-hybridized carbons (Fsp3) is 0.333. The lowest BCUT2D eigenvalue weighted by Gasteiger charge is -2.06. The maximum atomic E-state index is 12.6. The summed E-state index contributed by atoms with van der Waals surface area (Å²) in [6.07, 6.45) is 0. The summed E-state index contributed by atoms with van der Waals surface area (Å²) in [7, 11) is 0. The van der Waals surface area contributed by atoms with Crippen LogP contribution in [0.15, 0.2) is 12.1 Å². The van der Waals surface area contributed by atoms with Crippen LogP contribution in [-0.4, -0.2) is 12.0 Å². The van der Waals surface area contributed by atoms with E-state index in [1.807, 2.05) is 5.48 Å². The summed E-state index contributed by atoms with van der Waals surface area (Å²) in [6, 6.07) is 3.26. The molecule has 2 rings (SSSR count). The standard InChI is InChI=1S/C9H10FNO3/c10-3-6-1-8-9(14-5-13-8)2-7(6)4-11-12/h1-2,11-12H,3-5H2. The van der Waals surface area contributed by atoms with Crippen LogP contribution in [0.2, 0.25) is 0 Å². The van der Waals surface area contributed by atoms with E-state index in [1.54, 1.807) is 12.1 Å². The van der Waals surface area contributed by atoms with Gasteiger partial charge in [0.1, 0.15) is 6.67 Å². The smallest absolute Gasteiger partial charge is 0.231 e. The van der Waals surface area contributed by atoms with Gasteiger partial charge in [-0.05, 0) is 23.3 Å². The van der Waals surface area contributed by atoms with Gasteiger partial charge in [-0.3, -0.25) is 0 Å². The molecular weight excluding hydrogens is 189 g/mol. The van der Waals surface area contributed by atoms with Crippen molar-refractivity contribution < 1.29 is 19.1 Å². The quantitative estimate of drug-likeness (QED) is 0.722. The highest BCUT2D eigenvalue weighted by Crippen LogP contribution is 2.35. The highest BCUT2D eigenvalue weighted by atomic mass is 19.1. The number of alkyl halides is 1. The lowest BCUT2D eigenvalue weighted by molar-refractivity contribution is 0.160. The Labute approximate surface area is 80.2 Å². The van der Waals surface area contributed by atoms with Crippen molar-refractivity contribution in [1.29, 1.82) is 0 Å². The van der Waals surface area contributed by atoms with E-state index in [0.29, 0.717) is 22.6 Å². The van der Waals surface area contributed by atoms with Crippen LogP contribution in [-0.2, 0) is 13.2 Å². The minimum atomic E-state index is -0.590. The van der Waals surface area contributed by atoms with E-state index in [4.69, 9.17) is 14.7 Å². The molecule has 0 atom stereocenters. The predicted molar refractivity (Wildman–Crippen MR) is 46.0 cm³/mol. The first-order valence-corrected chi connectivity index (χ1v) is 4.19. The largest absolute Gasteiger partial charge is 0.454 e. The summed E-state index contributed by atoms with van der Waals surface area (Å²) in [5.41, 5.74) is 3.15. The lowest BCUT2D eigenvalue weighted by atomic mass is 10.1. The van der Waals surface area contributed by atoms with E-state index in [0.717, 1.165) is 0 Å². The number of benzene rings is 1.